The number of Topliss-reactive ketones (excluding diaryl/α,β-unsaturated/α-hetero) is 2. The Balaban J connectivity index is 1.54. The summed E-state index contributed by atoms with van der Waals surface area (Å²) in [5.74, 6) is -1.17. The number of hydrogen-bond acceptors (Lipinski definition) is 5. The normalized spacial score (nSPS) is 14.8. The molecule has 33 heavy (non-hydrogen) atoms. The summed E-state index contributed by atoms with van der Waals surface area (Å²) in [6, 6.07) is 6.74. The molecule has 0 heterocycles. The zero-order valence-corrected chi connectivity index (χ0v) is 20.4. The van der Waals surface area contributed by atoms with E-state index in [4.69, 9.17) is 4.74 Å². The molecule has 1 aliphatic carbocycles. The third kappa shape index (κ3) is 10.9. The van der Waals surface area contributed by atoms with Crippen LogP contribution in [0.4, 0.5) is 5.69 Å². The molecule has 0 unspecified atom stereocenters. The summed E-state index contributed by atoms with van der Waals surface area (Å²) in [7, 11) is 0. The zero-order chi connectivity index (χ0) is 23.7. The van der Waals surface area contributed by atoms with Gasteiger partial charge in [-0.15, -0.1) is 0 Å². The highest BCUT2D eigenvalue weighted by Crippen LogP contribution is 2.19. The van der Waals surface area contributed by atoms with Crippen LogP contribution < -0.4 is 0 Å². The van der Waals surface area contributed by atoms with Gasteiger partial charge in [-0.1, -0.05) is 77.6 Å². The van der Waals surface area contributed by atoms with E-state index < -0.39 is 5.92 Å². The number of nitrogens with zero attached hydrogens (tertiary/aromatic N) is 1. The minimum Gasteiger partial charge on any atom is -0.462 e. The lowest BCUT2D eigenvalue weighted by atomic mass is 9.87. The molecule has 0 spiro atoms. The van der Waals surface area contributed by atoms with E-state index in [0.29, 0.717) is 37.1 Å². The Bertz CT molecular complexity index is 738. The van der Waals surface area contributed by atoms with Gasteiger partial charge >= 0.3 is 5.97 Å². The average Bonchev–Trinajstić information content (AvgIpc) is 2.82. The molecule has 1 aliphatic rings. The zero-order valence-electron chi connectivity index (χ0n) is 20.4. The highest BCUT2D eigenvalue weighted by molar-refractivity contribution is 6.16. The SMILES string of the molecule is CCCCCCCCCCCCCCOC(=O)c1ccc(N=CC2C(=O)CCCC2=O)cc1. The lowest BCUT2D eigenvalue weighted by Gasteiger charge is -2.14. The van der Waals surface area contributed by atoms with Crippen molar-refractivity contribution in [2.75, 3.05) is 6.61 Å². The average molecular weight is 456 g/mol. The summed E-state index contributed by atoms with van der Waals surface area (Å²) < 4.78 is 5.38. The Labute approximate surface area is 199 Å². The number of esters is 1. The van der Waals surface area contributed by atoms with Gasteiger partial charge in [0.25, 0.3) is 0 Å². The van der Waals surface area contributed by atoms with Gasteiger partial charge in [0.05, 0.1) is 17.9 Å². The highest BCUT2D eigenvalue weighted by Gasteiger charge is 2.28. The number of carbonyl (C=O) groups is 3. The van der Waals surface area contributed by atoms with Crippen LogP contribution in [0, 0.1) is 5.92 Å². The van der Waals surface area contributed by atoms with Crippen molar-refractivity contribution in [2.45, 2.75) is 103 Å². The summed E-state index contributed by atoms with van der Waals surface area (Å²) in [6.45, 7) is 2.70. The molecule has 0 saturated heterocycles. The highest BCUT2D eigenvalue weighted by atomic mass is 16.5. The number of aliphatic imine (C=N–C) groups is 1. The number of benzene rings is 1. The minimum absolute atomic E-state index is 0.0620. The third-order valence-electron chi connectivity index (χ3n) is 6.25. The lowest BCUT2D eigenvalue weighted by molar-refractivity contribution is -0.132. The van der Waals surface area contributed by atoms with Crippen LogP contribution in [0.15, 0.2) is 29.3 Å². The van der Waals surface area contributed by atoms with Crippen molar-refractivity contribution in [3.63, 3.8) is 0 Å². The van der Waals surface area contributed by atoms with Crippen LogP contribution in [-0.4, -0.2) is 30.4 Å². The molecule has 0 atom stereocenters. The molecule has 0 bridgehead atoms. The molecule has 0 aliphatic heterocycles. The van der Waals surface area contributed by atoms with E-state index in [2.05, 4.69) is 11.9 Å². The molecule has 0 radical (unpaired) electrons. The van der Waals surface area contributed by atoms with E-state index in [-0.39, 0.29) is 17.5 Å². The number of hydrogen-bond donors (Lipinski definition) is 0. The molecule has 5 heteroatoms. The van der Waals surface area contributed by atoms with Crippen LogP contribution >= 0.6 is 0 Å². The predicted octanol–water partition coefficient (Wildman–Crippen LogP) is 7.19. The van der Waals surface area contributed by atoms with Crippen molar-refractivity contribution in [1.82, 2.24) is 0 Å². The van der Waals surface area contributed by atoms with Crippen LogP contribution in [0.3, 0.4) is 0 Å². The number of carbonyl (C=O) groups excluding carboxylic acids is 3. The molecule has 1 aromatic rings. The van der Waals surface area contributed by atoms with E-state index in [0.717, 1.165) is 12.8 Å². The summed E-state index contributed by atoms with van der Waals surface area (Å²) >= 11 is 0. The fourth-order valence-corrected chi connectivity index (χ4v) is 4.13. The van der Waals surface area contributed by atoms with E-state index in [1.165, 1.54) is 70.4 Å². The molecule has 0 aromatic heterocycles. The number of unbranched alkanes of at least 4 members (excludes halogenated alkanes) is 11. The molecule has 2 rings (SSSR count). The maximum atomic E-state index is 12.2. The fourth-order valence-electron chi connectivity index (χ4n) is 4.13. The first-order chi connectivity index (χ1) is 16.1. The first kappa shape index (κ1) is 26.9. The van der Waals surface area contributed by atoms with Gasteiger partial charge in [-0.05, 0) is 37.1 Å². The monoisotopic (exact) mass is 455 g/mol. The lowest BCUT2D eigenvalue weighted by Crippen LogP contribution is -2.29. The third-order valence-corrected chi connectivity index (χ3v) is 6.25. The maximum Gasteiger partial charge on any atom is 0.338 e. The van der Waals surface area contributed by atoms with Gasteiger partial charge in [-0.2, -0.15) is 0 Å². The van der Waals surface area contributed by atoms with Crippen molar-refractivity contribution in [3.8, 4) is 0 Å². The molecule has 5 nitrogen and oxygen atoms in total. The molecule has 1 saturated carbocycles. The van der Waals surface area contributed by atoms with Gasteiger partial charge in [0.2, 0.25) is 0 Å². The number of rotatable bonds is 16. The van der Waals surface area contributed by atoms with Gasteiger partial charge in [0.1, 0.15) is 17.5 Å². The van der Waals surface area contributed by atoms with Crippen molar-refractivity contribution < 1.29 is 19.1 Å². The second-order valence-electron chi connectivity index (χ2n) is 9.11. The van der Waals surface area contributed by atoms with Crippen LogP contribution in [0.25, 0.3) is 0 Å². The molecule has 0 amide bonds. The van der Waals surface area contributed by atoms with Gasteiger partial charge in [0, 0.05) is 19.1 Å². The van der Waals surface area contributed by atoms with Crippen LogP contribution in [0.1, 0.15) is 114 Å². The number of ether oxygens (including phenoxy) is 1. The van der Waals surface area contributed by atoms with Crippen molar-refractivity contribution in [1.29, 1.82) is 0 Å². The second kappa shape index (κ2) is 16.3. The van der Waals surface area contributed by atoms with Crippen molar-refractivity contribution in [2.24, 2.45) is 10.9 Å². The standard InChI is InChI=1S/C28H41NO4/c1-2-3-4-5-6-7-8-9-10-11-12-13-21-33-28(32)23-17-19-24(20-18-23)29-22-25-26(30)15-14-16-27(25)31/h17-20,22,25H,2-16,21H2,1H3. The first-order valence-corrected chi connectivity index (χ1v) is 13.0. The maximum absolute atomic E-state index is 12.2. The van der Waals surface area contributed by atoms with E-state index in [1.807, 2.05) is 0 Å². The predicted molar refractivity (Wildman–Crippen MR) is 133 cm³/mol. The van der Waals surface area contributed by atoms with E-state index in [1.54, 1.807) is 24.3 Å². The summed E-state index contributed by atoms with van der Waals surface area (Å²) in [5, 5.41) is 0. The summed E-state index contributed by atoms with van der Waals surface area (Å²) in [6.07, 6.45) is 18.3. The quantitative estimate of drug-likeness (QED) is 0.114. The Kier molecular flexibility index (Phi) is 13.3. The van der Waals surface area contributed by atoms with Gasteiger partial charge < -0.3 is 4.74 Å². The van der Waals surface area contributed by atoms with Gasteiger partial charge in [-0.3, -0.25) is 14.6 Å². The van der Waals surface area contributed by atoms with Crippen molar-refractivity contribution >= 4 is 29.4 Å². The Morgan fingerprint density at radius 2 is 1.36 bits per heavy atom. The van der Waals surface area contributed by atoms with Crippen molar-refractivity contribution in [3.05, 3.63) is 29.8 Å². The Hall–Kier alpha value is -2.30. The fraction of sp³-hybridized carbons (Fsp3) is 0.643. The summed E-state index contributed by atoms with van der Waals surface area (Å²) in [5.41, 5.74) is 1.09. The van der Waals surface area contributed by atoms with Crippen LogP contribution in [0.2, 0.25) is 0 Å². The Morgan fingerprint density at radius 1 is 0.848 bits per heavy atom. The first-order valence-electron chi connectivity index (χ1n) is 13.0. The second-order valence-corrected chi connectivity index (χ2v) is 9.11. The topological polar surface area (TPSA) is 72.8 Å². The van der Waals surface area contributed by atoms with E-state index >= 15 is 0 Å². The van der Waals surface area contributed by atoms with Crippen LogP contribution in [-0.2, 0) is 14.3 Å². The van der Waals surface area contributed by atoms with Crippen LogP contribution in [0.5, 0.6) is 0 Å². The smallest absolute Gasteiger partial charge is 0.338 e. The molecular formula is C28H41NO4. The molecule has 1 fully saturated rings. The van der Waals surface area contributed by atoms with Gasteiger partial charge in [0.15, 0.2) is 0 Å². The van der Waals surface area contributed by atoms with E-state index in [9.17, 15) is 14.4 Å². The number of ketones is 2. The Morgan fingerprint density at radius 3 is 1.91 bits per heavy atom. The molecular weight excluding hydrogens is 414 g/mol. The molecule has 1 aromatic carbocycles. The largest absolute Gasteiger partial charge is 0.462 e. The van der Waals surface area contributed by atoms with Gasteiger partial charge in [-0.25, -0.2) is 4.79 Å². The summed E-state index contributed by atoms with van der Waals surface area (Å²) in [4.78, 5) is 40.2. The molecule has 0 N–H and O–H groups in total. The molecule has 182 valence electrons. The minimum atomic E-state index is -0.723.